The maximum atomic E-state index is 5.34. The quantitative estimate of drug-likeness (QED) is 0.744. The van der Waals surface area contributed by atoms with E-state index < -0.39 is 0 Å². The van der Waals surface area contributed by atoms with Gasteiger partial charge in [0.15, 0.2) is 0 Å². The van der Waals surface area contributed by atoms with Crippen LogP contribution in [0.2, 0.25) is 0 Å². The monoisotopic (exact) mass is 278 g/mol. The number of allylic oxidation sites excluding steroid dienone is 2. The second-order valence-electron chi connectivity index (χ2n) is 5.63. The Bertz CT molecular complexity index is 626. The summed E-state index contributed by atoms with van der Waals surface area (Å²) < 4.78 is 5.34. The molecule has 0 aliphatic heterocycles. The largest absolute Gasteiger partial charge is 0.497 e. The molecule has 0 aromatic heterocycles. The minimum absolute atomic E-state index is 0.972. The number of methoxy groups -OCH3 is 1. The van der Waals surface area contributed by atoms with Gasteiger partial charge in [-0.05, 0) is 66.5 Å². The first-order valence-corrected chi connectivity index (χ1v) is 7.77. The average Bonchev–Trinajstić information content (AvgIpc) is 2.55. The highest BCUT2D eigenvalue weighted by Crippen LogP contribution is 2.32. The van der Waals surface area contributed by atoms with Gasteiger partial charge in [0.2, 0.25) is 0 Å². The van der Waals surface area contributed by atoms with E-state index in [4.69, 9.17) is 4.74 Å². The van der Waals surface area contributed by atoms with Gasteiger partial charge in [-0.3, -0.25) is 0 Å². The minimum Gasteiger partial charge on any atom is -0.497 e. The van der Waals surface area contributed by atoms with Crippen LogP contribution in [0.4, 0.5) is 0 Å². The highest BCUT2D eigenvalue weighted by atomic mass is 16.5. The van der Waals surface area contributed by atoms with E-state index in [9.17, 15) is 0 Å². The third-order valence-corrected chi connectivity index (χ3v) is 4.22. The topological polar surface area (TPSA) is 9.23 Å². The molecule has 2 aromatic rings. The van der Waals surface area contributed by atoms with E-state index >= 15 is 0 Å². The van der Waals surface area contributed by atoms with Gasteiger partial charge in [0.25, 0.3) is 0 Å². The molecule has 0 fully saturated rings. The predicted octanol–water partition coefficient (Wildman–Crippen LogP) is 5.05. The number of benzene rings is 2. The third kappa shape index (κ3) is 3.36. The van der Waals surface area contributed by atoms with Gasteiger partial charge in [0, 0.05) is 0 Å². The second-order valence-corrected chi connectivity index (χ2v) is 5.63. The van der Waals surface area contributed by atoms with Crippen molar-refractivity contribution >= 4 is 5.57 Å². The molecule has 0 N–H and O–H groups in total. The van der Waals surface area contributed by atoms with Crippen molar-refractivity contribution in [2.24, 2.45) is 0 Å². The third-order valence-electron chi connectivity index (χ3n) is 4.22. The molecule has 0 spiro atoms. The Hall–Kier alpha value is -2.02. The number of ether oxygens (including phenoxy) is 1. The first-order valence-electron chi connectivity index (χ1n) is 7.77. The van der Waals surface area contributed by atoms with Crippen LogP contribution in [0.1, 0.15) is 36.0 Å². The first-order chi connectivity index (χ1) is 10.4. The van der Waals surface area contributed by atoms with Crippen LogP contribution in [0.25, 0.3) is 5.57 Å². The van der Waals surface area contributed by atoms with Crippen LogP contribution in [0.5, 0.6) is 5.75 Å². The van der Waals surface area contributed by atoms with Gasteiger partial charge < -0.3 is 4.74 Å². The lowest BCUT2D eigenvalue weighted by Crippen LogP contribution is -2.01. The summed E-state index contributed by atoms with van der Waals surface area (Å²) in [5.41, 5.74) is 5.81. The van der Waals surface area contributed by atoms with Crippen LogP contribution in [0.15, 0.2) is 54.6 Å². The summed E-state index contributed by atoms with van der Waals surface area (Å²) >= 11 is 0. The van der Waals surface area contributed by atoms with Crippen molar-refractivity contribution < 1.29 is 4.74 Å². The van der Waals surface area contributed by atoms with Gasteiger partial charge in [-0.25, -0.2) is 0 Å². The molecule has 0 amide bonds. The van der Waals surface area contributed by atoms with Crippen LogP contribution in [-0.4, -0.2) is 7.11 Å². The van der Waals surface area contributed by atoms with Crippen molar-refractivity contribution in [3.63, 3.8) is 0 Å². The van der Waals surface area contributed by atoms with Crippen LogP contribution < -0.4 is 4.74 Å². The summed E-state index contributed by atoms with van der Waals surface area (Å²) in [6.07, 6.45) is 8.23. The molecule has 1 nitrogen and oxygen atoms in total. The molecule has 1 aliphatic rings. The summed E-state index contributed by atoms with van der Waals surface area (Å²) in [4.78, 5) is 0. The summed E-state index contributed by atoms with van der Waals surface area (Å²) in [5, 5.41) is 0. The van der Waals surface area contributed by atoms with Crippen molar-refractivity contribution in [2.45, 2.75) is 32.1 Å². The fraction of sp³-hybridized carbons (Fsp3) is 0.300. The van der Waals surface area contributed by atoms with Crippen molar-refractivity contribution in [2.75, 3.05) is 7.11 Å². The molecule has 0 saturated heterocycles. The number of rotatable bonds is 5. The molecule has 1 heteroatoms. The lowest BCUT2D eigenvalue weighted by molar-refractivity contribution is 0.414. The van der Waals surface area contributed by atoms with Gasteiger partial charge in [0.05, 0.1) is 7.11 Å². The SMILES string of the molecule is COc1ccc2c(c1)CCC=C2CCCc1ccccc1. The molecule has 0 bridgehead atoms. The zero-order chi connectivity index (χ0) is 14.5. The van der Waals surface area contributed by atoms with Gasteiger partial charge in [-0.1, -0.05) is 42.5 Å². The summed E-state index contributed by atoms with van der Waals surface area (Å²) in [5.74, 6) is 0.972. The second kappa shape index (κ2) is 6.62. The number of hydrogen-bond acceptors (Lipinski definition) is 1. The molecule has 3 rings (SSSR count). The van der Waals surface area contributed by atoms with Gasteiger partial charge >= 0.3 is 0 Å². The van der Waals surface area contributed by atoms with E-state index in [0.717, 1.165) is 31.4 Å². The molecule has 1 aliphatic carbocycles. The standard InChI is InChI=1S/C20H22O/c1-21-19-13-14-20-17(11-6-12-18(20)15-19)10-5-9-16-7-3-2-4-8-16/h2-4,7-8,11,13-15H,5-6,9-10,12H2,1H3. The first kappa shape index (κ1) is 13.9. The van der Waals surface area contributed by atoms with Crippen LogP contribution >= 0.6 is 0 Å². The smallest absolute Gasteiger partial charge is 0.119 e. The lowest BCUT2D eigenvalue weighted by Gasteiger charge is -2.18. The molecular weight excluding hydrogens is 256 g/mol. The Morgan fingerprint density at radius 1 is 1.00 bits per heavy atom. The minimum atomic E-state index is 0.972. The number of aryl methyl sites for hydroxylation is 2. The van der Waals surface area contributed by atoms with E-state index in [1.807, 2.05) is 0 Å². The van der Waals surface area contributed by atoms with Crippen LogP contribution in [-0.2, 0) is 12.8 Å². The Kier molecular flexibility index (Phi) is 4.40. The summed E-state index contributed by atoms with van der Waals surface area (Å²) in [6.45, 7) is 0. The Balaban J connectivity index is 1.66. The molecule has 0 radical (unpaired) electrons. The Morgan fingerprint density at radius 3 is 2.67 bits per heavy atom. The zero-order valence-corrected chi connectivity index (χ0v) is 12.6. The fourth-order valence-electron chi connectivity index (χ4n) is 3.09. The molecule has 21 heavy (non-hydrogen) atoms. The maximum Gasteiger partial charge on any atom is 0.119 e. The molecule has 2 aromatic carbocycles. The maximum absolute atomic E-state index is 5.34. The zero-order valence-electron chi connectivity index (χ0n) is 12.6. The van der Waals surface area contributed by atoms with E-state index in [-0.39, 0.29) is 0 Å². The number of hydrogen-bond donors (Lipinski definition) is 0. The van der Waals surface area contributed by atoms with Crippen molar-refractivity contribution in [1.82, 2.24) is 0 Å². The molecule has 0 unspecified atom stereocenters. The van der Waals surface area contributed by atoms with Crippen LogP contribution in [0, 0.1) is 0 Å². The molecule has 108 valence electrons. The molecule has 0 atom stereocenters. The fourth-order valence-corrected chi connectivity index (χ4v) is 3.09. The molecule has 0 saturated carbocycles. The van der Waals surface area contributed by atoms with Crippen molar-refractivity contribution in [1.29, 1.82) is 0 Å². The Morgan fingerprint density at radius 2 is 1.86 bits per heavy atom. The molecular formula is C20H22O. The lowest BCUT2D eigenvalue weighted by atomic mass is 9.88. The van der Waals surface area contributed by atoms with Crippen molar-refractivity contribution in [3.05, 3.63) is 71.3 Å². The van der Waals surface area contributed by atoms with Gasteiger partial charge in [0.1, 0.15) is 5.75 Å². The number of fused-ring (bicyclic) bond motifs is 1. The predicted molar refractivity (Wildman–Crippen MR) is 88.7 cm³/mol. The average molecular weight is 278 g/mol. The molecule has 0 heterocycles. The van der Waals surface area contributed by atoms with Crippen LogP contribution in [0.3, 0.4) is 0 Å². The van der Waals surface area contributed by atoms with E-state index in [0.29, 0.717) is 0 Å². The highest BCUT2D eigenvalue weighted by Gasteiger charge is 2.13. The normalized spacial score (nSPS) is 13.5. The summed E-state index contributed by atoms with van der Waals surface area (Å²) in [7, 11) is 1.74. The Labute approximate surface area is 127 Å². The van der Waals surface area contributed by atoms with E-state index in [2.05, 4.69) is 54.6 Å². The van der Waals surface area contributed by atoms with E-state index in [1.54, 1.807) is 7.11 Å². The summed E-state index contributed by atoms with van der Waals surface area (Å²) in [6, 6.07) is 17.3. The van der Waals surface area contributed by atoms with Gasteiger partial charge in [-0.15, -0.1) is 0 Å². The van der Waals surface area contributed by atoms with E-state index in [1.165, 1.54) is 28.7 Å². The van der Waals surface area contributed by atoms with Crippen molar-refractivity contribution in [3.8, 4) is 5.75 Å². The van der Waals surface area contributed by atoms with Gasteiger partial charge in [-0.2, -0.15) is 0 Å². The highest BCUT2D eigenvalue weighted by molar-refractivity contribution is 5.70.